The Hall–Kier alpha value is -2.27. The molecule has 1 saturated heterocycles. The van der Waals surface area contributed by atoms with E-state index < -0.39 is 11.9 Å². The summed E-state index contributed by atoms with van der Waals surface area (Å²) in [6, 6.07) is 5.60. The normalized spacial score (nSPS) is 25.3. The third-order valence-corrected chi connectivity index (χ3v) is 3.92. The van der Waals surface area contributed by atoms with E-state index in [1.807, 2.05) is 26.0 Å². The molecule has 0 amide bonds. The summed E-state index contributed by atoms with van der Waals surface area (Å²) in [6.45, 7) is 9.29. The van der Waals surface area contributed by atoms with E-state index in [-0.39, 0.29) is 6.10 Å². The average molecular weight is 316 g/mol. The van der Waals surface area contributed by atoms with Crippen LogP contribution in [0.4, 0.5) is 0 Å². The largest absolute Gasteiger partial charge is 0.489 e. The van der Waals surface area contributed by atoms with Crippen LogP contribution in [-0.2, 0) is 14.3 Å². The van der Waals surface area contributed by atoms with Crippen LogP contribution in [0.5, 0.6) is 11.5 Å². The highest BCUT2D eigenvalue weighted by atomic mass is 16.9. The second-order valence-corrected chi connectivity index (χ2v) is 5.75. The molecule has 1 aromatic rings. The number of hydrogen-bond donors (Lipinski definition) is 0. The second-order valence-electron chi connectivity index (χ2n) is 5.75. The minimum Gasteiger partial charge on any atom is -0.489 e. The van der Waals surface area contributed by atoms with Gasteiger partial charge in [0.15, 0.2) is 0 Å². The smallest absolute Gasteiger partial charge is 0.400 e. The number of allylic oxidation sites excluding steroid dienone is 1. The van der Waals surface area contributed by atoms with E-state index in [0.29, 0.717) is 24.5 Å². The molecule has 2 heterocycles. The summed E-state index contributed by atoms with van der Waals surface area (Å²) in [7, 11) is 0. The van der Waals surface area contributed by atoms with Crippen LogP contribution in [0.25, 0.3) is 5.57 Å². The first-order valence-corrected chi connectivity index (χ1v) is 7.60. The molecule has 122 valence electrons. The number of ether oxygens (including phenoxy) is 4. The highest BCUT2D eigenvalue weighted by Gasteiger charge is 2.53. The van der Waals surface area contributed by atoms with Crippen molar-refractivity contribution in [1.82, 2.24) is 0 Å². The van der Waals surface area contributed by atoms with E-state index in [9.17, 15) is 4.79 Å². The fourth-order valence-corrected chi connectivity index (χ4v) is 3.00. The standard InChI is InChI=1S/C18H20O5/c1-5-8-20-14-6-7-15-12(3)16-9-11(2)21-18(16,22-13(4)19)23-17(15)10-14/h5-7,10-11H,1,8-9H2,2-4H3/t11-,18+/m0/s1. The zero-order valence-electron chi connectivity index (χ0n) is 13.5. The summed E-state index contributed by atoms with van der Waals surface area (Å²) in [5, 5.41) is 0. The van der Waals surface area contributed by atoms with Gasteiger partial charge in [-0.15, -0.1) is 0 Å². The molecule has 5 heteroatoms. The first kappa shape index (κ1) is 15.6. The summed E-state index contributed by atoms with van der Waals surface area (Å²) in [5.74, 6) is -0.682. The highest BCUT2D eigenvalue weighted by molar-refractivity contribution is 5.77. The van der Waals surface area contributed by atoms with Crippen LogP contribution >= 0.6 is 0 Å². The Kier molecular flexibility index (Phi) is 3.90. The zero-order chi connectivity index (χ0) is 16.6. The molecule has 0 radical (unpaired) electrons. The zero-order valence-corrected chi connectivity index (χ0v) is 13.5. The van der Waals surface area contributed by atoms with E-state index in [0.717, 1.165) is 16.7 Å². The van der Waals surface area contributed by atoms with Gasteiger partial charge < -0.3 is 18.9 Å². The fourth-order valence-electron chi connectivity index (χ4n) is 3.00. The van der Waals surface area contributed by atoms with Crippen molar-refractivity contribution in [2.75, 3.05) is 6.61 Å². The van der Waals surface area contributed by atoms with Gasteiger partial charge in [-0.05, 0) is 31.6 Å². The SMILES string of the molecule is C=CCOc1ccc2c(c1)O[C@@]1(OC(C)=O)O[C@@H](C)CC1=C2C. The first-order chi connectivity index (χ1) is 10.9. The van der Waals surface area contributed by atoms with Gasteiger partial charge in [-0.1, -0.05) is 12.7 Å². The predicted molar refractivity (Wildman–Crippen MR) is 85.0 cm³/mol. The lowest BCUT2D eigenvalue weighted by Gasteiger charge is -2.34. The topological polar surface area (TPSA) is 54.0 Å². The molecule has 0 N–H and O–H groups in total. The van der Waals surface area contributed by atoms with Gasteiger partial charge in [-0.2, -0.15) is 0 Å². The van der Waals surface area contributed by atoms with Crippen molar-refractivity contribution in [1.29, 1.82) is 0 Å². The molecule has 5 nitrogen and oxygen atoms in total. The van der Waals surface area contributed by atoms with Crippen LogP contribution in [-0.4, -0.2) is 24.7 Å². The van der Waals surface area contributed by atoms with Crippen LogP contribution in [0.15, 0.2) is 36.4 Å². The van der Waals surface area contributed by atoms with Crippen molar-refractivity contribution in [3.63, 3.8) is 0 Å². The van der Waals surface area contributed by atoms with Gasteiger partial charge in [0.1, 0.15) is 18.1 Å². The van der Waals surface area contributed by atoms with Gasteiger partial charge in [-0.25, -0.2) is 0 Å². The van der Waals surface area contributed by atoms with Crippen LogP contribution in [0.3, 0.4) is 0 Å². The van der Waals surface area contributed by atoms with Gasteiger partial charge in [0.2, 0.25) is 0 Å². The predicted octanol–water partition coefficient (Wildman–Crippen LogP) is 3.44. The summed E-state index contributed by atoms with van der Waals surface area (Å²) in [6.07, 6.45) is 2.24. The Morgan fingerprint density at radius 2 is 2.30 bits per heavy atom. The van der Waals surface area contributed by atoms with Crippen molar-refractivity contribution in [3.05, 3.63) is 42.0 Å². The molecule has 0 spiro atoms. The second kappa shape index (κ2) is 5.74. The summed E-state index contributed by atoms with van der Waals surface area (Å²) < 4.78 is 22.8. The first-order valence-electron chi connectivity index (χ1n) is 7.60. The molecule has 0 saturated carbocycles. The number of hydrogen-bond acceptors (Lipinski definition) is 5. The Bertz CT molecular complexity index is 691. The van der Waals surface area contributed by atoms with E-state index >= 15 is 0 Å². The van der Waals surface area contributed by atoms with Gasteiger partial charge in [0.25, 0.3) is 0 Å². The van der Waals surface area contributed by atoms with Gasteiger partial charge in [0.05, 0.1) is 11.7 Å². The number of carbonyl (C=O) groups excluding carboxylic acids is 1. The number of benzene rings is 1. The van der Waals surface area contributed by atoms with E-state index in [1.54, 1.807) is 12.1 Å². The average Bonchev–Trinajstić information content (AvgIpc) is 2.80. The number of esters is 1. The van der Waals surface area contributed by atoms with E-state index in [4.69, 9.17) is 18.9 Å². The monoisotopic (exact) mass is 316 g/mol. The quantitative estimate of drug-likeness (QED) is 0.629. The molecular weight excluding hydrogens is 296 g/mol. The lowest BCUT2D eigenvalue weighted by Crippen LogP contribution is -2.44. The van der Waals surface area contributed by atoms with E-state index in [1.165, 1.54) is 6.92 Å². The van der Waals surface area contributed by atoms with Gasteiger partial charge in [0, 0.05) is 25.0 Å². The van der Waals surface area contributed by atoms with Crippen LogP contribution in [0.1, 0.15) is 32.8 Å². The molecule has 2 aliphatic rings. The maximum Gasteiger partial charge on any atom is 0.400 e. The summed E-state index contributed by atoms with van der Waals surface area (Å²) in [4.78, 5) is 11.5. The number of fused-ring (bicyclic) bond motifs is 2. The molecule has 1 aromatic carbocycles. The minimum atomic E-state index is -1.46. The highest BCUT2D eigenvalue weighted by Crippen LogP contribution is 2.49. The van der Waals surface area contributed by atoms with Gasteiger partial charge >= 0.3 is 11.9 Å². The van der Waals surface area contributed by atoms with Crippen molar-refractivity contribution in [2.24, 2.45) is 0 Å². The molecule has 0 unspecified atom stereocenters. The van der Waals surface area contributed by atoms with Crippen molar-refractivity contribution in [2.45, 2.75) is 39.3 Å². The molecule has 2 atom stereocenters. The molecule has 0 bridgehead atoms. The molecule has 23 heavy (non-hydrogen) atoms. The van der Waals surface area contributed by atoms with Crippen molar-refractivity contribution < 1.29 is 23.7 Å². The van der Waals surface area contributed by atoms with Crippen molar-refractivity contribution in [3.8, 4) is 11.5 Å². The van der Waals surface area contributed by atoms with Gasteiger partial charge in [-0.3, -0.25) is 4.79 Å². The Labute approximate surface area is 135 Å². The number of carbonyl (C=O) groups is 1. The molecular formula is C18H20O5. The Balaban J connectivity index is 2.03. The molecule has 3 rings (SSSR count). The maximum atomic E-state index is 11.5. The third kappa shape index (κ3) is 2.72. The molecule has 0 aromatic heterocycles. The molecule has 0 aliphatic carbocycles. The maximum absolute atomic E-state index is 11.5. The van der Waals surface area contributed by atoms with Crippen LogP contribution < -0.4 is 9.47 Å². The van der Waals surface area contributed by atoms with Crippen LogP contribution in [0.2, 0.25) is 0 Å². The number of rotatable bonds is 4. The molecule has 1 fully saturated rings. The fraction of sp³-hybridized carbons (Fsp3) is 0.389. The summed E-state index contributed by atoms with van der Waals surface area (Å²) >= 11 is 0. The summed E-state index contributed by atoms with van der Waals surface area (Å²) in [5.41, 5.74) is 2.81. The lowest BCUT2D eigenvalue weighted by molar-refractivity contribution is -0.295. The Morgan fingerprint density at radius 3 is 3.00 bits per heavy atom. The molecule has 2 aliphatic heterocycles. The Morgan fingerprint density at radius 1 is 1.52 bits per heavy atom. The van der Waals surface area contributed by atoms with Crippen molar-refractivity contribution >= 4 is 11.5 Å². The van der Waals surface area contributed by atoms with E-state index in [2.05, 4.69) is 6.58 Å². The third-order valence-electron chi connectivity index (χ3n) is 3.92. The lowest BCUT2D eigenvalue weighted by atomic mass is 9.94. The van der Waals surface area contributed by atoms with Crippen LogP contribution in [0, 0.1) is 0 Å². The minimum absolute atomic E-state index is 0.0925.